The van der Waals surface area contributed by atoms with Crippen LogP contribution >= 0.6 is 0 Å². The fourth-order valence-electron chi connectivity index (χ4n) is 3.46. The summed E-state index contributed by atoms with van der Waals surface area (Å²) >= 11 is 0. The largest absolute Gasteiger partial charge is 0.198 e. The van der Waals surface area contributed by atoms with Gasteiger partial charge in [0.05, 0.1) is 11.5 Å². The molecule has 1 heteroatoms. The molecule has 0 aliphatic heterocycles. The van der Waals surface area contributed by atoms with Crippen LogP contribution in [0.5, 0.6) is 0 Å². The van der Waals surface area contributed by atoms with Crippen LogP contribution in [0.4, 0.5) is 0 Å². The van der Waals surface area contributed by atoms with Gasteiger partial charge in [0, 0.05) is 0 Å². The van der Waals surface area contributed by atoms with Gasteiger partial charge in [-0.05, 0) is 36.3 Å². The summed E-state index contributed by atoms with van der Waals surface area (Å²) in [5.74, 6) is 0.717. The summed E-state index contributed by atoms with van der Waals surface area (Å²) in [6.45, 7) is 4.52. The van der Waals surface area contributed by atoms with Crippen molar-refractivity contribution in [3.05, 3.63) is 35.4 Å². The second-order valence-corrected chi connectivity index (χ2v) is 6.14. The molecule has 0 fully saturated rings. The lowest BCUT2D eigenvalue weighted by molar-refractivity contribution is 0.279. The summed E-state index contributed by atoms with van der Waals surface area (Å²) in [7, 11) is 0. The predicted octanol–water partition coefficient (Wildman–Crippen LogP) is 4.90. The van der Waals surface area contributed by atoms with Crippen LogP contribution in [0, 0.1) is 22.7 Å². The molecule has 1 aliphatic carbocycles. The van der Waals surface area contributed by atoms with Gasteiger partial charge in [-0.15, -0.1) is 0 Å². The van der Waals surface area contributed by atoms with E-state index in [1.807, 2.05) is 0 Å². The lowest BCUT2D eigenvalue weighted by Crippen LogP contribution is -2.23. The summed E-state index contributed by atoms with van der Waals surface area (Å²) in [6, 6.07) is 11.3. The van der Waals surface area contributed by atoms with E-state index in [4.69, 9.17) is 0 Å². The molecule has 102 valence electrons. The van der Waals surface area contributed by atoms with Gasteiger partial charge in [0.2, 0.25) is 0 Å². The molecule has 0 aromatic heterocycles. The minimum Gasteiger partial charge on any atom is -0.198 e. The third-order valence-electron chi connectivity index (χ3n) is 4.64. The van der Waals surface area contributed by atoms with Crippen molar-refractivity contribution < 1.29 is 0 Å². The molecular weight excluding hydrogens is 230 g/mol. The van der Waals surface area contributed by atoms with Crippen molar-refractivity contribution in [1.82, 2.24) is 0 Å². The van der Waals surface area contributed by atoms with Gasteiger partial charge in [-0.25, -0.2) is 0 Å². The van der Waals surface area contributed by atoms with E-state index in [2.05, 4.69) is 44.2 Å². The molecule has 1 aromatic carbocycles. The highest BCUT2D eigenvalue weighted by Gasteiger charge is 2.38. The van der Waals surface area contributed by atoms with Crippen LogP contribution in [-0.2, 0) is 12.8 Å². The van der Waals surface area contributed by atoms with Gasteiger partial charge in [-0.3, -0.25) is 0 Å². The van der Waals surface area contributed by atoms with Crippen LogP contribution in [0.3, 0.4) is 0 Å². The molecule has 1 aromatic rings. The first-order valence-corrected chi connectivity index (χ1v) is 7.71. The molecule has 0 radical (unpaired) electrons. The lowest BCUT2D eigenvalue weighted by Gasteiger charge is -2.26. The van der Waals surface area contributed by atoms with E-state index in [-0.39, 0.29) is 5.41 Å². The zero-order valence-corrected chi connectivity index (χ0v) is 12.3. The summed E-state index contributed by atoms with van der Waals surface area (Å²) in [4.78, 5) is 0. The Morgan fingerprint density at radius 3 is 2.32 bits per heavy atom. The van der Waals surface area contributed by atoms with Crippen molar-refractivity contribution in [3.63, 3.8) is 0 Å². The smallest absolute Gasteiger partial charge is 0.0696 e. The number of nitrogens with zero attached hydrogens (tertiary/aromatic N) is 1. The number of hydrogen-bond acceptors (Lipinski definition) is 1. The number of fused-ring (bicyclic) bond motifs is 1. The van der Waals surface area contributed by atoms with E-state index in [1.54, 1.807) is 0 Å². The maximum absolute atomic E-state index is 9.71. The molecule has 0 saturated heterocycles. The van der Waals surface area contributed by atoms with Crippen LogP contribution < -0.4 is 0 Å². The Labute approximate surface area is 117 Å². The molecular formula is C18H25N. The SMILES string of the molecule is CCCCC(CC)CC1(C#N)Cc2ccccc2C1. The second-order valence-electron chi connectivity index (χ2n) is 6.14. The lowest BCUT2D eigenvalue weighted by atomic mass is 9.76. The average Bonchev–Trinajstić information content (AvgIpc) is 2.82. The summed E-state index contributed by atoms with van der Waals surface area (Å²) < 4.78 is 0. The first-order chi connectivity index (χ1) is 9.23. The zero-order chi connectivity index (χ0) is 13.7. The number of nitriles is 1. The van der Waals surface area contributed by atoms with Crippen LogP contribution in [-0.4, -0.2) is 0 Å². The Balaban J connectivity index is 2.07. The van der Waals surface area contributed by atoms with Crippen LogP contribution in [0.2, 0.25) is 0 Å². The molecule has 1 nitrogen and oxygen atoms in total. The van der Waals surface area contributed by atoms with E-state index < -0.39 is 0 Å². The highest BCUT2D eigenvalue weighted by Crippen LogP contribution is 2.42. The van der Waals surface area contributed by atoms with Crippen LogP contribution in [0.15, 0.2) is 24.3 Å². The van der Waals surface area contributed by atoms with Gasteiger partial charge in [-0.2, -0.15) is 5.26 Å². The molecule has 0 bridgehead atoms. The van der Waals surface area contributed by atoms with Crippen molar-refractivity contribution in [2.24, 2.45) is 11.3 Å². The summed E-state index contributed by atoms with van der Waals surface area (Å²) in [5, 5.41) is 9.71. The van der Waals surface area contributed by atoms with Gasteiger partial charge in [-0.1, -0.05) is 63.8 Å². The maximum Gasteiger partial charge on any atom is 0.0696 e. The van der Waals surface area contributed by atoms with Crippen molar-refractivity contribution in [2.45, 2.75) is 58.8 Å². The molecule has 0 saturated carbocycles. The molecule has 1 atom stereocenters. The molecule has 0 heterocycles. The highest BCUT2D eigenvalue weighted by molar-refractivity contribution is 5.37. The normalized spacial score (nSPS) is 17.7. The standard InChI is InChI=1S/C18H25N/c1-3-5-8-15(4-2)11-18(14-19)12-16-9-6-7-10-17(16)13-18/h6-7,9-10,15H,3-5,8,11-13H2,1-2H3. The van der Waals surface area contributed by atoms with Gasteiger partial charge in [0.15, 0.2) is 0 Å². The molecule has 1 unspecified atom stereocenters. The molecule has 19 heavy (non-hydrogen) atoms. The Morgan fingerprint density at radius 2 is 1.84 bits per heavy atom. The van der Waals surface area contributed by atoms with Gasteiger partial charge in [0.1, 0.15) is 0 Å². The Hall–Kier alpha value is -1.29. The minimum absolute atomic E-state index is 0.127. The topological polar surface area (TPSA) is 23.8 Å². The molecule has 2 rings (SSSR count). The summed E-state index contributed by atoms with van der Waals surface area (Å²) in [5.41, 5.74) is 2.67. The van der Waals surface area contributed by atoms with Gasteiger partial charge >= 0.3 is 0 Å². The van der Waals surface area contributed by atoms with E-state index in [1.165, 1.54) is 36.8 Å². The second kappa shape index (κ2) is 6.24. The zero-order valence-electron chi connectivity index (χ0n) is 12.3. The third-order valence-corrected chi connectivity index (χ3v) is 4.64. The maximum atomic E-state index is 9.71. The van der Waals surface area contributed by atoms with Gasteiger partial charge < -0.3 is 0 Å². The number of hydrogen-bond donors (Lipinski definition) is 0. The summed E-state index contributed by atoms with van der Waals surface area (Å²) in [6.07, 6.45) is 8.05. The minimum atomic E-state index is -0.127. The predicted molar refractivity (Wildman–Crippen MR) is 79.8 cm³/mol. The van der Waals surface area contributed by atoms with E-state index in [0.717, 1.165) is 19.3 Å². The molecule has 0 N–H and O–H groups in total. The first kappa shape index (κ1) is 14.1. The number of rotatable bonds is 6. The van der Waals surface area contributed by atoms with Crippen molar-refractivity contribution in [2.75, 3.05) is 0 Å². The number of benzene rings is 1. The van der Waals surface area contributed by atoms with Crippen molar-refractivity contribution >= 4 is 0 Å². The number of unbranched alkanes of at least 4 members (excludes halogenated alkanes) is 1. The van der Waals surface area contributed by atoms with E-state index >= 15 is 0 Å². The fraction of sp³-hybridized carbons (Fsp3) is 0.611. The van der Waals surface area contributed by atoms with Crippen LogP contribution in [0.25, 0.3) is 0 Å². The average molecular weight is 255 g/mol. The Kier molecular flexibility index (Phi) is 4.64. The van der Waals surface area contributed by atoms with E-state index in [0.29, 0.717) is 5.92 Å². The quantitative estimate of drug-likeness (QED) is 0.709. The van der Waals surface area contributed by atoms with E-state index in [9.17, 15) is 5.26 Å². The fourth-order valence-corrected chi connectivity index (χ4v) is 3.46. The molecule has 0 amide bonds. The highest BCUT2D eigenvalue weighted by atomic mass is 14.4. The van der Waals surface area contributed by atoms with Gasteiger partial charge in [0.25, 0.3) is 0 Å². The van der Waals surface area contributed by atoms with Crippen molar-refractivity contribution in [1.29, 1.82) is 5.26 Å². The molecule has 0 spiro atoms. The Morgan fingerprint density at radius 1 is 1.21 bits per heavy atom. The monoisotopic (exact) mass is 255 g/mol. The molecule has 1 aliphatic rings. The first-order valence-electron chi connectivity index (χ1n) is 7.71. The Bertz CT molecular complexity index is 430. The van der Waals surface area contributed by atoms with Crippen LogP contribution in [0.1, 0.15) is 57.1 Å². The third kappa shape index (κ3) is 3.18. The van der Waals surface area contributed by atoms with Crippen molar-refractivity contribution in [3.8, 4) is 6.07 Å².